The van der Waals surface area contributed by atoms with Gasteiger partial charge in [0.15, 0.2) is 0 Å². The summed E-state index contributed by atoms with van der Waals surface area (Å²) in [4.78, 5) is 0. The first kappa shape index (κ1) is 19.9. The SMILES string of the molecule is Cc1ccc(-c2cc(C)c(C)c(Cl)c2)cc1.c1ccc(-c2ccccc2)cc1. The first-order valence-electron chi connectivity index (χ1n) is 9.49. The Morgan fingerprint density at radius 2 is 0.964 bits per heavy atom. The van der Waals surface area contributed by atoms with Gasteiger partial charge in [0.25, 0.3) is 0 Å². The summed E-state index contributed by atoms with van der Waals surface area (Å²) in [6.45, 7) is 6.24. The zero-order valence-corrected chi connectivity index (χ0v) is 17.4. The van der Waals surface area contributed by atoms with Gasteiger partial charge in [0.2, 0.25) is 0 Å². The van der Waals surface area contributed by atoms with Gasteiger partial charge in [-0.1, -0.05) is 108 Å². The molecule has 0 fully saturated rings. The summed E-state index contributed by atoms with van der Waals surface area (Å²) in [7, 11) is 0. The number of rotatable bonds is 2. The third kappa shape index (κ3) is 5.12. The molecule has 0 aliphatic carbocycles. The second-order valence-corrected chi connectivity index (χ2v) is 7.41. The maximum atomic E-state index is 6.20. The van der Waals surface area contributed by atoms with Crippen molar-refractivity contribution in [2.24, 2.45) is 0 Å². The van der Waals surface area contributed by atoms with Crippen molar-refractivity contribution in [1.82, 2.24) is 0 Å². The lowest BCUT2D eigenvalue weighted by atomic mass is 10.00. The third-order valence-electron chi connectivity index (χ3n) is 4.87. The minimum atomic E-state index is 0.843. The van der Waals surface area contributed by atoms with Crippen molar-refractivity contribution in [3.8, 4) is 22.3 Å². The van der Waals surface area contributed by atoms with Crippen LogP contribution in [0.15, 0.2) is 97.1 Å². The molecular weight excluding hydrogens is 360 g/mol. The lowest BCUT2D eigenvalue weighted by molar-refractivity contribution is 1.34. The van der Waals surface area contributed by atoms with Crippen molar-refractivity contribution in [2.45, 2.75) is 20.8 Å². The van der Waals surface area contributed by atoms with E-state index in [-0.39, 0.29) is 0 Å². The fraction of sp³-hybridized carbons (Fsp3) is 0.111. The Morgan fingerprint density at radius 3 is 1.43 bits per heavy atom. The fourth-order valence-electron chi connectivity index (χ4n) is 2.99. The predicted molar refractivity (Wildman–Crippen MR) is 123 cm³/mol. The van der Waals surface area contributed by atoms with Gasteiger partial charge in [-0.05, 0) is 60.2 Å². The topological polar surface area (TPSA) is 0 Å². The Kier molecular flexibility index (Phi) is 6.68. The van der Waals surface area contributed by atoms with Crippen LogP contribution in [-0.2, 0) is 0 Å². The molecule has 28 heavy (non-hydrogen) atoms. The van der Waals surface area contributed by atoms with E-state index in [1.165, 1.54) is 33.4 Å². The highest BCUT2D eigenvalue weighted by Crippen LogP contribution is 2.28. The Hall–Kier alpha value is -2.83. The van der Waals surface area contributed by atoms with Crippen LogP contribution in [0.4, 0.5) is 0 Å². The van der Waals surface area contributed by atoms with Crippen LogP contribution in [0.1, 0.15) is 16.7 Å². The molecule has 0 saturated heterocycles. The normalized spacial score (nSPS) is 10.1. The molecule has 1 heteroatoms. The molecule has 0 N–H and O–H groups in total. The highest BCUT2D eigenvalue weighted by atomic mass is 35.5. The van der Waals surface area contributed by atoms with Gasteiger partial charge in [0.05, 0.1) is 0 Å². The number of halogens is 1. The summed E-state index contributed by atoms with van der Waals surface area (Å²) < 4.78 is 0. The Morgan fingerprint density at radius 1 is 0.500 bits per heavy atom. The van der Waals surface area contributed by atoms with Gasteiger partial charge in [0.1, 0.15) is 0 Å². The van der Waals surface area contributed by atoms with Gasteiger partial charge >= 0.3 is 0 Å². The first-order valence-corrected chi connectivity index (χ1v) is 9.86. The number of hydrogen-bond acceptors (Lipinski definition) is 0. The average Bonchev–Trinajstić information content (AvgIpc) is 2.74. The number of benzene rings is 4. The molecule has 140 valence electrons. The molecule has 4 aromatic carbocycles. The minimum Gasteiger partial charge on any atom is -0.0840 e. The standard InChI is InChI=1S/C15H15Cl.C12H10/c1-10-4-6-13(7-5-10)14-8-11(2)12(3)15(16)9-14;1-3-7-11(8-4-1)12-9-5-2-6-10-12/h4-9H,1-3H3;1-10H. The highest BCUT2D eigenvalue weighted by molar-refractivity contribution is 6.31. The van der Waals surface area contributed by atoms with E-state index in [9.17, 15) is 0 Å². The van der Waals surface area contributed by atoms with Crippen LogP contribution in [-0.4, -0.2) is 0 Å². The zero-order valence-electron chi connectivity index (χ0n) is 16.6. The summed E-state index contributed by atoms with van der Waals surface area (Å²) in [5.41, 5.74) is 8.64. The smallest absolute Gasteiger partial charge is 0.0443 e. The largest absolute Gasteiger partial charge is 0.0840 e. The molecule has 0 heterocycles. The van der Waals surface area contributed by atoms with E-state index in [1.807, 2.05) is 18.2 Å². The molecule has 0 aromatic heterocycles. The van der Waals surface area contributed by atoms with Gasteiger partial charge in [-0.2, -0.15) is 0 Å². The molecule has 0 amide bonds. The predicted octanol–water partition coefficient (Wildman–Crippen LogP) is 8.29. The Balaban J connectivity index is 0.000000167. The van der Waals surface area contributed by atoms with Crippen LogP contribution in [0.25, 0.3) is 22.3 Å². The van der Waals surface area contributed by atoms with Crippen LogP contribution >= 0.6 is 11.6 Å². The van der Waals surface area contributed by atoms with Crippen LogP contribution in [0.5, 0.6) is 0 Å². The number of hydrogen-bond donors (Lipinski definition) is 0. The molecule has 0 atom stereocenters. The van der Waals surface area contributed by atoms with Crippen molar-refractivity contribution in [2.75, 3.05) is 0 Å². The van der Waals surface area contributed by atoms with Crippen LogP contribution in [0.2, 0.25) is 5.02 Å². The summed E-state index contributed by atoms with van der Waals surface area (Å²) in [5.74, 6) is 0. The maximum Gasteiger partial charge on any atom is 0.0443 e. The zero-order chi connectivity index (χ0) is 19.9. The van der Waals surface area contributed by atoms with Crippen molar-refractivity contribution in [3.05, 3.63) is 119 Å². The molecule has 0 saturated carbocycles. The van der Waals surface area contributed by atoms with Crippen molar-refractivity contribution in [1.29, 1.82) is 0 Å². The number of aryl methyl sites for hydroxylation is 2. The molecule has 0 radical (unpaired) electrons. The highest BCUT2D eigenvalue weighted by Gasteiger charge is 2.04. The molecule has 0 bridgehead atoms. The van der Waals surface area contributed by atoms with E-state index in [1.54, 1.807) is 0 Å². The van der Waals surface area contributed by atoms with E-state index in [2.05, 4.69) is 99.6 Å². The van der Waals surface area contributed by atoms with Crippen molar-refractivity contribution < 1.29 is 0 Å². The van der Waals surface area contributed by atoms with Crippen molar-refractivity contribution >= 4 is 11.6 Å². The van der Waals surface area contributed by atoms with E-state index in [0.29, 0.717) is 0 Å². The molecule has 0 spiro atoms. The Labute approximate surface area is 173 Å². The van der Waals surface area contributed by atoms with Gasteiger partial charge in [-0.3, -0.25) is 0 Å². The lowest BCUT2D eigenvalue weighted by Crippen LogP contribution is -1.86. The molecule has 0 nitrogen and oxygen atoms in total. The molecule has 0 aliphatic rings. The molecule has 4 rings (SSSR count). The monoisotopic (exact) mass is 384 g/mol. The van der Waals surface area contributed by atoms with E-state index in [0.717, 1.165) is 10.6 Å². The first-order chi connectivity index (χ1) is 13.5. The lowest BCUT2D eigenvalue weighted by Gasteiger charge is -2.08. The summed E-state index contributed by atoms with van der Waals surface area (Å²) in [6, 6.07) is 33.5. The third-order valence-corrected chi connectivity index (χ3v) is 5.26. The van der Waals surface area contributed by atoms with Gasteiger partial charge in [0, 0.05) is 5.02 Å². The summed E-state index contributed by atoms with van der Waals surface area (Å²) >= 11 is 6.20. The molecule has 0 unspecified atom stereocenters. The van der Waals surface area contributed by atoms with Gasteiger partial charge < -0.3 is 0 Å². The van der Waals surface area contributed by atoms with E-state index in [4.69, 9.17) is 11.6 Å². The second-order valence-electron chi connectivity index (χ2n) is 7.00. The second kappa shape index (κ2) is 9.39. The van der Waals surface area contributed by atoms with Crippen molar-refractivity contribution in [3.63, 3.8) is 0 Å². The molecule has 4 aromatic rings. The molecular formula is C27H25Cl. The summed E-state index contributed by atoms with van der Waals surface area (Å²) in [6.07, 6.45) is 0. The fourth-order valence-corrected chi connectivity index (χ4v) is 3.26. The quantitative estimate of drug-likeness (QED) is 0.326. The minimum absolute atomic E-state index is 0.843. The molecule has 0 aliphatic heterocycles. The van der Waals surface area contributed by atoms with Crippen LogP contribution in [0.3, 0.4) is 0 Å². The van der Waals surface area contributed by atoms with Crippen LogP contribution in [0, 0.1) is 20.8 Å². The van der Waals surface area contributed by atoms with E-state index >= 15 is 0 Å². The Bertz CT molecular complexity index is 956. The maximum absolute atomic E-state index is 6.20. The average molecular weight is 385 g/mol. The summed E-state index contributed by atoms with van der Waals surface area (Å²) in [5, 5.41) is 0.843. The van der Waals surface area contributed by atoms with E-state index < -0.39 is 0 Å². The van der Waals surface area contributed by atoms with Crippen LogP contribution < -0.4 is 0 Å². The van der Waals surface area contributed by atoms with Gasteiger partial charge in [-0.15, -0.1) is 0 Å². The van der Waals surface area contributed by atoms with Gasteiger partial charge in [-0.25, -0.2) is 0 Å².